The van der Waals surface area contributed by atoms with Crippen molar-refractivity contribution in [3.63, 3.8) is 0 Å². The lowest BCUT2D eigenvalue weighted by Crippen LogP contribution is -2.34. The van der Waals surface area contributed by atoms with Crippen LogP contribution in [-0.2, 0) is 23.6 Å². The molecular weight excluding hydrogens is 1210 g/mol. The van der Waals surface area contributed by atoms with E-state index in [1.54, 1.807) is 0 Å². The molecule has 0 saturated heterocycles. The molecule has 12 aromatic carbocycles. The number of para-hydroxylation sites is 5. The first-order valence-corrected chi connectivity index (χ1v) is 36.6. The number of benzene rings is 12. The molecule has 93 heavy (non-hydrogen) atoms. The number of aromatic nitrogens is 5. The van der Waals surface area contributed by atoms with Crippen molar-refractivity contribution in [1.82, 2.24) is 24.1 Å². The van der Waals surface area contributed by atoms with E-state index in [0.29, 0.717) is 17.6 Å². The summed E-state index contributed by atoms with van der Waals surface area (Å²) in [6.45, 7) is 6.75. The van der Waals surface area contributed by atoms with E-state index in [2.05, 4.69) is 317 Å². The van der Waals surface area contributed by atoms with Gasteiger partial charge in [-0.15, -0.1) is 0 Å². The molecule has 0 radical (unpaired) electrons. The number of hydrogen-bond donors (Lipinski definition) is 0. The molecular formula is C82H57N7P2S2. The number of anilines is 4. The van der Waals surface area contributed by atoms with Gasteiger partial charge in [0.15, 0.2) is 11.6 Å². The van der Waals surface area contributed by atoms with Gasteiger partial charge < -0.3 is 13.9 Å². The van der Waals surface area contributed by atoms with Crippen LogP contribution in [0.3, 0.4) is 0 Å². The van der Waals surface area contributed by atoms with Gasteiger partial charge >= 0.3 is 0 Å². The van der Waals surface area contributed by atoms with Crippen LogP contribution in [0.2, 0.25) is 0 Å². The number of nitrogens with zero attached hydrogens (tertiary/aromatic N) is 7. The standard InChI is InChI=1S/C82H57N7P2S2/c1-3-55(69-54-70-64-44-24-27-47-71(64)86(58-33-13-6-14-34-58)77(70)79-75(69)68-46-26-30-50-74(68)91(93,62-41-21-10-22-42-62)89(79)60-37-17-8-18-38-60)53-56(4-2)80-83-81(57-31-11-5-12-32-57)85-82(84-80)87-72-48-28-23-43-63(72)66-51-52-67-65-45-25-29-49-73(65)90(92,61-39-19-9-20-40-61)88(78(67)76(66)87)59-35-15-7-16-36-59/h3-54H,1H2,2H3/b55-53+,56-4+. The zero-order valence-electron chi connectivity index (χ0n) is 50.6. The minimum atomic E-state index is -2.93. The highest BCUT2D eigenvalue weighted by atomic mass is 32.4. The van der Waals surface area contributed by atoms with E-state index in [4.69, 9.17) is 45.1 Å². The molecule has 3 aromatic heterocycles. The lowest BCUT2D eigenvalue weighted by atomic mass is 9.89. The average Bonchev–Trinajstić information content (AvgIpc) is 1.69. The van der Waals surface area contributed by atoms with Crippen LogP contribution >= 0.6 is 12.4 Å². The van der Waals surface area contributed by atoms with Crippen molar-refractivity contribution in [2.24, 2.45) is 0 Å². The lowest BCUT2D eigenvalue weighted by molar-refractivity contribution is 0.932. The lowest BCUT2D eigenvalue weighted by Gasteiger charge is -2.44. The molecule has 2 unspecified atom stereocenters. The summed E-state index contributed by atoms with van der Waals surface area (Å²) >= 11 is 14.8. The van der Waals surface area contributed by atoms with Gasteiger partial charge in [0.05, 0.1) is 45.8 Å². The van der Waals surface area contributed by atoms with Gasteiger partial charge in [-0.05, 0) is 89.9 Å². The van der Waals surface area contributed by atoms with Crippen LogP contribution in [0.1, 0.15) is 18.3 Å². The second-order valence-corrected chi connectivity index (χ2v) is 31.6. The topological polar surface area (TPSA) is 55.0 Å². The first kappa shape index (κ1) is 56.4. The number of fused-ring (bicyclic) bond motifs is 14. The molecule has 7 nitrogen and oxygen atoms in total. The molecule has 0 spiro atoms. The van der Waals surface area contributed by atoms with Crippen LogP contribution in [0.4, 0.5) is 22.7 Å². The highest BCUT2D eigenvalue weighted by Gasteiger charge is 2.44. The Hall–Kier alpha value is -10.6. The predicted octanol–water partition coefficient (Wildman–Crippen LogP) is 19.7. The van der Waals surface area contributed by atoms with Gasteiger partial charge in [-0.25, -0.2) is 4.98 Å². The number of hydrogen-bond acceptors (Lipinski definition) is 5. The van der Waals surface area contributed by atoms with E-state index in [-0.39, 0.29) is 0 Å². The Morgan fingerprint density at radius 2 is 0.882 bits per heavy atom. The molecule has 0 N–H and O–H groups in total. The zero-order chi connectivity index (χ0) is 62.4. The summed E-state index contributed by atoms with van der Waals surface area (Å²) in [5.74, 6) is 1.50. The monoisotopic (exact) mass is 1270 g/mol. The van der Waals surface area contributed by atoms with Gasteiger partial charge in [-0.1, -0.05) is 285 Å². The Bertz CT molecular complexity index is 5670. The molecule has 0 bridgehead atoms. The minimum absolute atomic E-state index is 0.470. The predicted molar refractivity (Wildman–Crippen MR) is 400 cm³/mol. The summed E-state index contributed by atoms with van der Waals surface area (Å²) in [5.41, 5.74) is 17.0. The zero-order valence-corrected chi connectivity index (χ0v) is 54.0. The van der Waals surface area contributed by atoms with E-state index >= 15 is 0 Å². The smallest absolute Gasteiger partial charge is 0.238 e. The molecule has 11 heteroatoms. The first-order valence-electron chi connectivity index (χ1n) is 31.1. The van der Waals surface area contributed by atoms with Gasteiger partial charge in [0.25, 0.3) is 0 Å². The molecule has 2 aliphatic heterocycles. The molecule has 2 aliphatic rings. The van der Waals surface area contributed by atoms with Crippen molar-refractivity contribution < 1.29 is 0 Å². The minimum Gasteiger partial charge on any atom is -0.307 e. The molecule has 17 rings (SSSR count). The molecule has 0 fully saturated rings. The van der Waals surface area contributed by atoms with Crippen molar-refractivity contribution >= 4 is 135 Å². The van der Waals surface area contributed by atoms with Gasteiger partial charge in [0.1, 0.15) is 0 Å². The molecule has 0 aliphatic carbocycles. The van der Waals surface area contributed by atoms with Crippen LogP contribution in [0.15, 0.2) is 322 Å². The Morgan fingerprint density at radius 1 is 0.409 bits per heavy atom. The number of rotatable bonds is 11. The van der Waals surface area contributed by atoms with Gasteiger partial charge in [0, 0.05) is 82.1 Å². The highest BCUT2D eigenvalue weighted by molar-refractivity contribution is 8.23. The van der Waals surface area contributed by atoms with Crippen molar-refractivity contribution in [3.8, 4) is 45.3 Å². The van der Waals surface area contributed by atoms with E-state index in [9.17, 15) is 0 Å². The molecule has 442 valence electrons. The first-order chi connectivity index (χ1) is 45.9. The third kappa shape index (κ3) is 8.73. The van der Waals surface area contributed by atoms with Crippen molar-refractivity contribution in [2.45, 2.75) is 6.92 Å². The van der Waals surface area contributed by atoms with E-state index in [1.807, 2.05) is 24.3 Å². The number of allylic oxidation sites excluding steroid dienone is 5. The Balaban J connectivity index is 0.957. The third-order valence-electron chi connectivity index (χ3n) is 18.2. The SMILES string of the molecule is C=C/C(=C\C(=C/C)c1nc(-c2ccccc2)nc(-n2c3ccccc3c3ccc4c(c32)N(c2ccccc2)P(=S)(c2ccccc2)c2ccccc2-4)n1)c1cc2c3ccccc3n(-c3ccccc3)c2c2c1-c1ccccc1P(=S)(c1ccccc1)N2c1ccccc1. The maximum Gasteiger partial charge on any atom is 0.238 e. The average molecular weight is 1270 g/mol. The van der Waals surface area contributed by atoms with Gasteiger partial charge in [0.2, 0.25) is 5.95 Å². The normalized spacial score (nSPS) is 16.1. The van der Waals surface area contributed by atoms with E-state index < -0.39 is 12.4 Å². The fraction of sp³-hybridized carbons (Fsp3) is 0.0122. The summed E-state index contributed by atoms with van der Waals surface area (Å²) in [6.07, 6.45) is 0.525. The van der Waals surface area contributed by atoms with Crippen molar-refractivity contribution in [3.05, 3.63) is 333 Å². The Labute approximate surface area is 550 Å². The fourth-order valence-electron chi connectivity index (χ4n) is 14.2. The quantitative estimate of drug-likeness (QED) is 0.0945. The third-order valence-corrected chi connectivity index (χ3v) is 27.7. The van der Waals surface area contributed by atoms with E-state index in [0.717, 1.165) is 138 Å². The fourth-order valence-corrected chi connectivity index (χ4v) is 23.1. The van der Waals surface area contributed by atoms with Crippen molar-refractivity contribution in [1.29, 1.82) is 0 Å². The summed E-state index contributed by atoms with van der Waals surface area (Å²) in [7, 11) is 0. The Kier molecular flexibility index (Phi) is 13.7. The van der Waals surface area contributed by atoms with Crippen molar-refractivity contribution in [2.75, 3.05) is 9.34 Å². The molecule has 0 amide bonds. The van der Waals surface area contributed by atoms with Crippen LogP contribution in [0, 0.1) is 0 Å². The summed E-state index contributed by atoms with van der Waals surface area (Å²) in [6, 6.07) is 106. The van der Waals surface area contributed by atoms with Gasteiger partial charge in [-0.3, -0.25) is 4.57 Å². The summed E-state index contributed by atoms with van der Waals surface area (Å²) in [5, 5.41) is 8.76. The maximum absolute atomic E-state index is 7.47. The Morgan fingerprint density at radius 3 is 1.47 bits per heavy atom. The van der Waals surface area contributed by atoms with Crippen LogP contribution in [0.5, 0.6) is 0 Å². The second kappa shape index (κ2) is 22.6. The maximum atomic E-state index is 7.47. The highest BCUT2D eigenvalue weighted by Crippen LogP contribution is 2.66. The second-order valence-electron chi connectivity index (χ2n) is 23.3. The van der Waals surface area contributed by atoms with Crippen LogP contribution in [0.25, 0.3) is 100 Å². The molecule has 5 heterocycles. The molecule has 2 atom stereocenters. The summed E-state index contributed by atoms with van der Waals surface area (Å²) < 4.78 is 9.71. The van der Waals surface area contributed by atoms with Gasteiger partial charge in [-0.2, -0.15) is 9.97 Å². The van der Waals surface area contributed by atoms with Crippen LogP contribution in [-0.4, -0.2) is 24.1 Å². The van der Waals surface area contributed by atoms with Crippen LogP contribution < -0.4 is 30.6 Å². The summed E-state index contributed by atoms with van der Waals surface area (Å²) in [4.78, 5) is 16.8. The molecule has 0 saturated carbocycles. The van der Waals surface area contributed by atoms with E-state index in [1.165, 1.54) is 0 Å². The molecule has 15 aromatic rings. The largest absolute Gasteiger partial charge is 0.307 e.